The van der Waals surface area contributed by atoms with Gasteiger partial charge in [0.25, 0.3) is 5.91 Å². The Morgan fingerprint density at radius 3 is 2.53 bits per heavy atom. The molecule has 1 aliphatic rings. The summed E-state index contributed by atoms with van der Waals surface area (Å²) in [7, 11) is 0. The molecule has 30 heavy (non-hydrogen) atoms. The number of hydrogen-bond acceptors (Lipinski definition) is 5. The number of rotatable bonds is 3. The molecule has 158 valence electrons. The lowest BCUT2D eigenvalue weighted by atomic mass is 9.83. The molecule has 0 aliphatic carbocycles. The van der Waals surface area contributed by atoms with Crippen molar-refractivity contribution in [1.82, 2.24) is 24.9 Å². The van der Waals surface area contributed by atoms with Gasteiger partial charge in [-0.15, -0.1) is 0 Å². The van der Waals surface area contributed by atoms with Crippen LogP contribution in [0, 0.1) is 13.8 Å². The average Bonchev–Trinajstić information content (AvgIpc) is 3.03. The smallest absolute Gasteiger partial charge is 0.381 e. The molecule has 7 nitrogen and oxygen atoms in total. The minimum absolute atomic E-state index is 0.334. The summed E-state index contributed by atoms with van der Waals surface area (Å²) in [5.74, 6) is -0.388. The van der Waals surface area contributed by atoms with Crippen LogP contribution in [0.15, 0.2) is 30.7 Å². The largest absolute Gasteiger partial charge is 0.433 e. The highest BCUT2D eigenvalue weighted by Crippen LogP contribution is 2.34. The zero-order valence-corrected chi connectivity index (χ0v) is 16.5. The number of alkyl halides is 3. The van der Waals surface area contributed by atoms with E-state index >= 15 is 0 Å². The van der Waals surface area contributed by atoms with E-state index in [0.29, 0.717) is 48.5 Å². The van der Waals surface area contributed by atoms with E-state index in [2.05, 4.69) is 20.4 Å². The number of nitrogens with one attached hydrogen (secondary N) is 1. The molecule has 1 N–H and O–H groups in total. The summed E-state index contributed by atoms with van der Waals surface area (Å²) in [6.45, 7) is 4.33. The van der Waals surface area contributed by atoms with Crippen LogP contribution >= 0.6 is 0 Å². The Kier molecular flexibility index (Phi) is 4.97. The molecule has 1 saturated heterocycles. The van der Waals surface area contributed by atoms with Crippen LogP contribution in [-0.2, 0) is 16.5 Å². The maximum Gasteiger partial charge on any atom is 0.433 e. The summed E-state index contributed by atoms with van der Waals surface area (Å²) >= 11 is 0. The Morgan fingerprint density at radius 2 is 1.90 bits per heavy atom. The van der Waals surface area contributed by atoms with Crippen LogP contribution in [0.2, 0.25) is 0 Å². The number of carbonyl (C=O) groups excluding carboxylic acids is 1. The minimum Gasteiger partial charge on any atom is -0.381 e. The van der Waals surface area contributed by atoms with Crippen LogP contribution in [0.25, 0.3) is 5.65 Å². The molecule has 0 saturated carbocycles. The van der Waals surface area contributed by atoms with E-state index in [-0.39, 0.29) is 5.91 Å². The zero-order valence-electron chi connectivity index (χ0n) is 16.5. The first-order valence-corrected chi connectivity index (χ1v) is 9.45. The van der Waals surface area contributed by atoms with Crippen molar-refractivity contribution in [1.29, 1.82) is 0 Å². The van der Waals surface area contributed by atoms with Gasteiger partial charge in [0.2, 0.25) is 0 Å². The van der Waals surface area contributed by atoms with Gasteiger partial charge >= 0.3 is 6.18 Å². The molecule has 4 heterocycles. The van der Waals surface area contributed by atoms with Gasteiger partial charge in [0, 0.05) is 31.8 Å². The van der Waals surface area contributed by atoms with E-state index in [1.165, 1.54) is 12.3 Å². The minimum atomic E-state index is -4.53. The van der Waals surface area contributed by atoms with Crippen LogP contribution in [-0.4, -0.2) is 38.7 Å². The summed E-state index contributed by atoms with van der Waals surface area (Å²) in [6, 6.07) is 2.30. The molecule has 1 amide bonds. The summed E-state index contributed by atoms with van der Waals surface area (Å²) < 4.78 is 45.7. The molecule has 0 bridgehead atoms. The molecule has 0 atom stereocenters. The standard InChI is InChI=1S/C20H20F3N5O2/c1-12-9-25-17-16(13(2)27-28(17)11-12)18(29)26-19(5-7-30-8-6-19)14-3-4-15(24-10-14)20(21,22)23/h3-4,9-11H,5-8H2,1-2H3,(H,26,29). The van der Waals surface area contributed by atoms with Crippen molar-refractivity contribution in [3.05, 3.63) is 58.8 Å². The molecule has 3 aromatic rings. The second-order valence-electron chi connectivity index (χ2n) is 7.44. The predicted octanol–water partition coefficient (Wildman–Crippen LogP) is 3.20. The van der Waals surface area contributed by atoms with Gasteiger partial charge in [-0.05, 0) is 43.9 Å². The van der Waals surface area contributed by atoms with Crippen molar-refractivity contribution in [3.8, 4) is 0 Å². The van der Waals surface area contributed by atoms with E-state index in [0.717, 1.165) is 11.6 Å². The third-order valence-electron chi connectivity index (χ3n) is 5.31. The number of nitrogens with zero attached hydrogens (tertiary/aromatic N) is 4. The Balaban J connectivity index is 1.70. The Morgan fingerprint density at radius 1 is 1.17 bits per heavy atom. The number of aryl methyl sites for hydroxylation is 2. The lowest BCUT2D eigenvalue weighted by Crippen LogP contribution is -2.49. The zero-order chi connectivity index (χ0) is 21.5. The summed E-state index contributed by atoms with van der Waals surface area (Å²) in [6.07, 6.45) is 0.905. The molecule has 0 aromatic carbocycles. The van der Waals surface area contributed by atoms with Crippen molar-refractivity contribution >= 4 is 11.6 Å². The summed E-state index contributed by atoms with van der Waals surface area (Å²) in [5, 5.41) is 7.38. The number of amides is 1. The first-order valence-electron chi connectivity index (χ1n) is 9.45. The number of hydrogen-bond donors (Lipinski definition) is 1. The fourth-order valence-electron chi connectivity index (χ4n) is 3.73. The average molecular weight is 419 g/mol. The van der Waals surface area contributed by atoms with Gasteiger partial charge in [-0.1, -0.05) is 6.07 Å². The van der Waals surface area contributed by atoms with Crippen molar-refractivity contribution in [2.75, 3.05) is 13.2 Å². The normalized spacial score (nSPS) is 16.6. The molecular weight excluding hydrogens is 399 g/mol. The molecule has 0 spiro atoms. The van der Waals surface area contributed by atoms with Crippen molar-refractivity contribution in [2.45, 2.75) is 38.4 Å². The van der Waals surface area contributed by atoms with E-state index in [4.69, 9.17) is 4.74 Å². The van der Waals surface area contributed by atoms with E-state index < -0.39 is 17.4 Å². The van der Waals surface area contributed by atoms with Crippen molar-refractivity contribution < 1.29 is 22.7 Å². The van der Waals surface area contributed by atoms with E-state index in [1.54, 1.807) is 23.8 Å². The molecular formula is C20H20F3N5O2. The van der Waals surface area contributed by atoms with Crippen LogP contribution in [0.1, 0.15) is 45.7 Å². The van der Waals surface area contributed by atoms with Gasteiger partial charge < -0.3 is 10.1 Å². The maximum atomic E-state index is 13.3. The molecule has 3 aromatic heterocycles. The van der Waals surface area contributed by atoms with E-state index in [1.807, 2.05) is 6.92 Å². The first-order chi connectivity index (χ1) is 14.2. The van der Waals surface area contributed by atoms with Gasteiger partial charge in [-0.3, -0.25) is 9.78 Å². The molecule has 1 aliphatic heterocycles. The number of halogens is 3. The third kappa shape index (κ3) is 3.62. The lowest BCUT2D eigenvalue weighted by molar-refractivity contribution is -0.141. The fourth-order valence-corrected chi connectivity index (χ4v) is 3.73. The van der Waals surface area contributed by atoms with Gasteiger partial charge in [-0.25, -0.2) is 9.50 Å². The summed E-state index contributed by atoms with van der Waals surface area (Å²) in [4.78, 5) is 21.2. The highest BCUT2D eigenvalue weighted by Gasteiger charge is 2.39. The van der Waals surface area contributed by atoms with E-state index in [9.17, 15) is 18.0 Å². The third-order valence-corrected chi connectivity index (χ3v) is 5.31. The van der Waals surface area contributed by atoms with Crippen LogP contribution in [0.3, 0.4) is 0 Å². The number of aromatic nitrogens is 4. The number of carbonyl (C=O) groups is 1. The topological polar surface area (TPSA) is 81.4 Å². The molecule has 4 rings (SSSR count). The number of fused-ring (bicyclic) bond motifs is 1. The SMILES string of the molecule is Cc1cnc2c(C(=O)NC3(c4ccc(C(F)(F)F)nc4)CCOCC3)c(C)nn2c1. The number of ether oxygens (including phenoxy) is 1. The fraction of sp³-hybridized carbons (Fsp3) is 0.400. The van der Waals surface area contributed by atoms with Gasteiger partial charge in [-0.2, -0.15) is 18.3 Å². The monoisotopic (exact) mass is 419 g/mol. The van der Waals surface area contributed by atoms with Crippen molar-refractivity contribution in [3.63, 3.8) is 0 Å². The molecule has 10 heteroatoms. The lowest BCUT2D eigenvalue weighted by Gasteiger charge is -2.38. The second kappa shape index (κ2) is 7.35. The van der Waals surface area contributed by atoms with Gasteiger partial charge in [0.05, 0.1) is 11.2 Å². The Hall–Kier alpha value is -3.01. The number of pyridine rings is 1. The molecule has 1 fully saturated rings. The van der Waals surface area contributed by atoms with Crippen LogP contribution in [0.4, 0.5) is 13.2 Å². The quantitative estimate of drug-likeness (QED) is 0.705. The first kappa shape index (κ1) is 20.3. The molecule has 0 radical (unpaired) electrons. The molecule has 0 unspecified atom stereocenters. The summed E-state index contributed by atoms with van der Waals surface area (Å²) in [5.41, 5.74) is 0.803. The maximum absolute atomic E-state index is 13.3. The highest BCUT2D eigenvalue weighted by molar-refractivity contribution is 6.01. The highest BCUT2D eigenvalue weighted by atomic mass is 19.4. The predicted molar refractivity (Wildman–Crippen MR) is 101 cm³/mol. The van der Waals surface area contributed by atoms with Gasteiger partial charge in [0.1, 0.15) is 11.3 Å². The van der Waals surface area contributed by atoms with Crippen molar-refractivity contribution in [2.24, 2.45) is 0 Å². The Bertz CT molecular complexity index is 1090. The van der Waals surface area contributed by atoms with Gasteiger partial charge in [0.15, 0.2) is 5.65 Å². The Labute approximate surface area is 170 Å². The second-order valence-corrected chi connectivity index (χ2v) is 7.44. The van der Waals surface area contributed by atoms with Crippen LogP contribution in [0.5, 0.6) is 0 Å². The van der Waals surface area contributed by atoms with Crippen LogP contribution < -0.4 is 5.32 Å².